The van der Waals surface area contributed by atoms with Crippen molar-refractivity contribution in [1.29, 1.82) is 5.41 Å². The average molecular weight is 189 g/mol. The third kappa shape index (κ3) is 2.69. The number of nitrogens with one attached hydrogen (secondary N) is 1. The fraction of sp³-hybridized carbons (Fsp3) is 0.273. The van der Waals surface area contributed by atoms with E-state index in [9.17, 15) is 0 Å². The number of amidine groups is 1. The summed E-state index contributed by atoms with van der Waals surface area (Å²) >= 11 is 0. The molecule has 0 aromatic heterocycles. The van der Waals surface area contributed by atoms with Crippen LogP contribution in [0.2, 0.25) is 0 Å². The van der Waals surface area contributed by atoms with E-state index in [-0.39, 0.29) is 12.4 Å². The molecule has 0 radical (unpaired) electrons. The van der Waals surface area contributed by atoms with Gasteiger partial charge in [-0.15, -0.1) is 0 Å². The Kier molecular flexibility index (Phi) is 3.40. The predicted octanol–water partition coefficient (Wildman–Crippen LogP) is 1.66. The van der Waals surface area contributed by atoms with Crippen LogP contribution in [0.25, 0.3) is 0 Å². The number of aryl methyl sites for hydroxylation is 2. The highest BCUT2D eigenvalue weighted by Crippen LogP contribution is 2.10. The molecule has 3 nitrogen and oxygen atoms in total. The predicted molar refractivity (Wildman–Crippen MR) is 60.3 cm³/mol. The third-order valence-corrected chi connectivity index (χ3v) is 2.02. The molecule has 1 rings (SSSR count). The normalized spacial score (nSPS) is 10.7. The third-order valence-electron chi connectivity index (χ3n) is 2.02. The molecule has 0 aliphatic rings. The Bertz CT molecular complexity index is 347. The maximum atomic E-state index is 7.03. The van der Waals surface area contributed by atoms with E-state index in [1.165, 1.54) is 11.1 Å². The summed E-state index contributed by atoms with van der Waals surface area (Å²) in [5.74, 6) is 0.0903. The molecule has 0 aliphatic heterocycles. The summed E-state index contributed by atoms with van der Waals surface area (Å²) in [6.07, 6.45) is 1.78. The first-order chi connectivity index (χ1) is 6.61. The summed E-state index contributed by atoms with van der Waals surface area (Å²) in [6, 6.07) is 6.11. The zero-order valence-corrected chi connectivity index (χ0v) is 8.54. The first-order valence-corrected chi connectivity index (χ1v) is 4.50. The minimum atomic E-state index is 0.0903. The van der Waals surface area contributed by atoms with Gasteiger partial charge in [-0.05, 0) is 30.5 Å². The van der Waals surface area contributed by atoms with Crippen molar-refractivity contribution in [3.05, 3.63) is 34.9 Å². The smallest absolute Gasteiger partial charge is 0.113 e. The maximum absolute atomic E-state index is 7.03. The molecule has 0 saturated heterocycles. The molecule has 74 valence electrons. The van der Waals surface area contributed by atoms with Crippen LogP contribution >= 0.6 is 0 Å². The van der Waals surface area contributed by atoms with Crippen molar-refractivity contribution < 1.29 is 0 Å². The molecule has 1 aromatic rings. The Morgan fingerprint density at radius 3 is 2.50 bits per heavy atom. The summed E-state index contributed by atoms with van der Waals surface area (Å²) in [5, 5.41) is 7.03. The van der Waals surface area contributed by atoms with Crippen LogP contribution in [0.3, 0.4) is 0 Å². The van der Waals surface area contributed by atoms with Crippen molar-refractivity contribution in [2.24, 2.45) is 10.7 Å². The van der Waals surface area contributed by atoms with Gasteiger partial charge in [-0.3, -0.25) is 10.4 Å². The van der Waals surface area contributed by atoms with Crippen LogP contribution in [-0.4, -0.2) is 18.6 Å². The van der Waals surface area contributed by atoms with E-state index >= 15 is 0 Å². The van der Waals surface area contributed by atoms with Crippen LogP contribution in [0.15, 0.2) is 23.2 Å². The van der Waals surface area contributed by atoms with Gasteiger partial charge in [-0.1, -0.05) is 18.2 Å². The monoisotopic (exact) mass is 189 g/mol. The minimum Gasteiger partial charge on any atom is -0.386 e. The Labute approximate surface area is 84.2 Å². The average Bonchev–Trinajstić information content (AvgIpc) is 2.09. The Morgan fingerprint density at radius 1 is 1.43 bits per heavy atom. The molecule has 0 unspecified atom stereocenters. The quantitative estimate of drug-likeness (QED) is 0.551. The molecule has 0 heterocycles. The van der Waals surface area contributed by atoms with Crippen LogP contribution in [0, 0.1) is 19.3 Å². The van der Waals surface area contributed by atoms with Gasteiger partial charge in [0, 0.05) is 6.21 Å². The maximum Gasteiger partial charge on any atom is 0.113 e. The van der Waals surface area contributed by atoms with Gasteiger partial charge in [-0.25, -0.2) is 0 Å². The molecule has 3 N–H and O–H groups in total. The molecule has 0 amide bonds. The highest BCUT2D eigenvalue weighted by molar-refractivity contribution is 5.86. The number of nitrogens with zero attached hydrogens (tertiary/aromatic N) is 1. The van der Waals surface area contributed by atoms with E-state index in [1.54, 1.807) is 6.21 Å². The molecule has 0 fully saturated rings. The first-order valence-electron chi connectivity index (χ1n) is 4.50. The Hall–Kier alpha value is -1.64. The number of benzene rings is 1. The second-order valence-electron chi connectivity index (χ2n) is 3.30. The fourth-order valence-electron chi connectivity index (χ4n) is 1.27. The SMILES string of the molecule is Cc1cccc(C)c1C=NCC(=N)N. The molecular formula is C11H15N3. The number of aliphatic imine (C=N–C) groups is 1. The van der Waals surface area contributed by atoms with Crippen molar-refractivity contribution in [3.8, 4) is 0 Å². The van der Waals surface area contributed by atoms with Crippen molar-refractivity contribution >= 4 is 12.1 Å². The lowest BCUT2D eigenvalue weighted by molar-refractivity contribution is 1.23. The van der Waals surface area contributed by atoms with Gasteiger partial charge in [0.15, 0.2) is 0 Å². The van der Waals surface area contributed by atoms with Crippen LogP contribution in [0.4, 0.5) is 0 Å². The van der Waals surface area contributed by atoms with E-state index in [2.05, 4.69) is 4.99 Å². The summed E-state index contributed by atoms with van der Waals surface area (Å²) in [4.78, 5) is 4.09. The zero-order chi connectivity index (χ0) is 10.6. The van der Waals surface area contributed by atoms with E-state index in [0.29, 0.717) is 0 Å². The van der Waals surface area contributed by atoms with Crippen molar-refractivity contribution in [3.63, 3.8) is 0 Å². The molecule has 0 spiro atoms. The molecule has 3 heteroatoms. The van der Waals surface area contributed by atoms with Crippen molar-refractivity contribution in [2.75, 3.05) is 6.54 Å². The molecule has 1 aromatic carbocycles. The summed E-state index contributed by atoms with van der Waals surface area (Å²) in [5.41, 5.74) is 8.71. The second kappa shape index (κ2) is 4.56. The highest BCUT2D eigenvalue weighted by atomic mass is 14.8. The summed E-state index contributed by atoms with van der Waals surface area (Å²) in [7, 11) is 0. The van der Waals surface area contributed by atoms with Gasteiger partial charge in [0.05, 0.1) is 6.54 Å². The second-order valence-corrected chi connectivity index (χ2v) is 3.30. The Balaban J connectivity index is 2.85. The number of rotatable bonds is 3. The molecular weight excluding hydrogens is 174 g/mol. The van der Waals surface area contributed by atoms with Crippen molar-refractivity contribution in [1.82, 2.24) is 0 Å². The molecule has 14 heavy (non-hydrogen) atoms. The van der Waals surface area contributed by atoms with Crippen LogP contribution in [-0.2, 0) is 0 Å². The van der Waals surface area contributed by atoms with Crippen LogP contribution < -0.4 is 5.73 Å². The standard InChI is InChI=1S/C11H15N3/c1-8-4-3-5-9(2)10(8)6-14-7-11(12)13/h3-6H,7H2,1-2H3,(H3,12,13). The van der Waals surface area contributed by atoms with E-state index in [0.717, 1.165) is 5.56 Å². The van der Waals surface area contributed by atoms with Gasteiger partial charge in [-0.2, -0.15) is 0 Å². The van der Waals surface area contributed by atoms with Crippen LogP contribution in [0.1, 0.15) is 16.7 Å². The topological polar surface area (TPSA) is 62.2 Å². The largest absolute Gasteiger partial charge is 0.386 e. The molecule has 0 atom stereocenters. The first kappa shape index (κ1) is 10.4. The summed E-state index contributed by atoms with van der Waals surface area (Å²) < 4.78 is 0. The lowest BCUT2D eigenvalue weighted by atomic mass is 10.0. The van der Waals surface area contributed by atoms with Gasteiger partial charge < -0.3 is 5.73 Å². The minimum absolute atomic E-state index is 0.0903. The van der Waals surface area contributed by atoms with Gasteiger partial charge in [0.25, 0.3) is 0 Å². The number of nitrogens with two attached hydrogens (primary N) is 1. The summed E-state index contributed by atoms with van der Waals surface area (Å²) in [6.45, 7) is 4.36. The lowest BCUT2D eigenvalue weighted by Crippen LogP contribution is -2.13. The Morgan fingerprint density at radius 2 is 2.00 bits per heavy atom. The number of hydrogen-bond donors (Lipinski definition) is 2. The molecule has 0 bridgehead atoms. The van der Waals surface area contributed by atoms with Gasteiger partial charge in [0.1, 0.15) is 5.84 Å². The van der Waals surface area contributed by atoms with Crippen molar-refractivity contribution in [2.45, 2.75) is 13.8 Å². The highest BCUT2D eigenvalue weighted by Gasteiger charge is 1.97. The fourth-order valence-corrected chi connectivity index (χ4v) is 1.27. The van der Waals surface area contributed by atoms with Gasteiger partial charge in [0.2, 0.25) is 0 Å². The zero-order valence-electron chi connectivity index (χ0n) is 8.54. The van der Waals surface area contributed by atoms with Crippen LogP contribution in [0.5, 0.6) is 0 Å². The number of hydrogen-bond acceptors (Lipinski definition) is 2. The van der Waals surface area contributed by atoms with E-state index < -0.39 is 0 Å². The molecule has 0 saturated carbocycles. The van der Waals surface area contributed by atoms with Gasteiger partial charge >= 0.3 is 0 Å². The lowest BCUT2D eigenvalue weighted by Gasteiger charge is -2.03. The van der Waals surface area contributed by atoms with E-state index in [4.69, 9.17) is 11.1 Å². The van der Waals surface area contributed by atoms with E-state index in [1.807, 2.05) is 32.0 Å². The molecule has 0 aliphatic carbocycles.